The van der Waals surface area contributed by atoms with Gasteiger partial charge in [0.25, 0.3) is 0 Å². The molecule has 0 aromatic rings. The fraction of sp³-hybridized carbons (Fsp3) is 0.889. The fourth-order valence-corrected chi connectivity index (χ4v) is 6.04. The lowest BCUT2D eigenvalue weighted by atomic mass is 9.53. The van der Waals surface area contributed by atoms with Crippen molar-refractivity contribution in [2.45, 2.75) is 59.8 Å². The van der Waals surface area contributed by atoms with E-state index in [0.717, 1.165) is 35.5 Å². The van der Waals surface area contributed by atoms with E-state index in [1.807, 2.05) is 0 Å². The van der Waals surface area contributed by atoms with Gasteiger partial charge in [0.1, 0.15) is 0 Å². The second-order valence-electron chi connectivity index (χ2n) is 7.93. The maximum atomic E-state index is 2.63. The number of hydrogen-bond donors (Lipinski definition) is 0. The van der Waals surface area contributed by atoms with E-state index in [1.54, 1.807) is 0 Å². The highest BCUT2D eigenvalue weighted by molar-refractivity contribution is 5.09. The van der Waals surface area contributed by atoms with Crippen LogP contribution in [0.15, 0.2) is 12.2 Å². The van der Waals surface area contributed by atoms with Crippen LogP contribution in [0.3, 0.4) is 0 Å². The Labute approximate surface area is 113 Å². The lowest BCUT2D eigenvalue weighted by Gasteiger charge is -2.52. The Hall–Kier alpha value is -0.260. The van der Waals surface area contributed by atoms with Gasteiger partial charge in [-0.15, -0.1) is 0 Å². The van der Waals surface area contributed by atoms with Gasteiger partial charge in [0.15, 0.2) is 0 Å². The average Bonchev–Trinajstić information content (AvgIpc) is 2.67. The van der Waals surface area contributed by atoms with E-state index in [0.29, 0.717) is 5.41 Å². The topological polar surface area (TPSA) is 0 Å². The summed E-state index contributed by atoms with van der Waals surface area (Å²) in [6, 6.07) is 0. The predicted molar refractivity (Wildman–Crippen MR) is 78.3 cm³/mol. The van der Waals surface area contributed by atoms with Crippen molar-refractivity contribution in [1.29, 1.82) is 0 Å². The monoisotopic (exact) mass is 246 g/mol. The molecular weight excluding hydrogens is 216 g/mol. The third-order valence-corrected chi connectivity index (χ3v) is 6.89. The molecule has 0 heteroatoms. The highest BCUT2D eigenvalue weighted by atomic mass is 14.6. The quantitative estimate of drug-likeness (QED) is 0.551. The van der Waals surface area contributed by atoms with E-state index >= 15 is 0 Å². The number of allylic oxidation sites excluding steroid dienone is 2. The summed E-state index contributed by atoms with van der Waals surface area (Å²) in [6.07, 6.45) is 12.4. The first-order valence-electron chi connectivity index (χ1n) is 8.20. The minimum atomic E-state index is 0.667. The Bertz CT molecular complexity index is 340. The first-order chi connectivity index (χ1) is 8.54. The van der Waals surface area contributed by atoms with Gasteiger partial charge in [-0.2, -0.15) is 0 Å². The van der Waals surface area contributed by atoms with E-state index in [1.165, 1.54) is 32.1 Å². The second kappa shape index (κ2) is 4.39. The molecule has 3 aliphatic rings. The Morgan fingerprint density at radius 1 is 1.11 bits per heavy atom. The van der Waals surface area contributed by atoms with Gasteiger partial charge in [0.05, 0.1) is 0 Å². The summed E-state index contributed by atoms with van der Waals surface area (Å²) in [5.41, 5.74) is 0.667. The molecule has 0 saturated heterocycles. The molecule has 0 radical (unpaired) electrons. The number of hydrogen-bond acceptors (Lipinski definition) is 0. The molecule has 0 nitrogen and oxygen atoms in total. The molecule has 0 amide bonds. The van der Waals surface area contributed by atoms with Crippen molar-refractivity contribution in [2.24, 2.45) is 40.9 Å². The maximum Gasteiger partial charge on any atom is -0.0231 e. The minimum Gasteiger partial charge on any atom is -0.0880 e. The summed E-state index contributed by atoms with van der Waals surface area (Å²) in [5, 5.41) is 0. The number of rotatable bonds is 1. The van der Waals surface area contributed by atoms with Gasteiger partial charge in [-0.05, 0) is 73.0 Å². The van der Waals surface area contributed by atoms with Crippen molar-refractivity contribution >= 4 is 0 Å². The molecule has 3 rings (SSSR count). The van der Waals surface area contributed by atoms with Crippen LogP contribution in [0.2, 0.25) is 0 Å². The van der Waals surface area contributed by atoms with Gasteiger partial charge in [-0.1, -0.05) is 39.8 Å². The molecule has 6 atom stereocenters. The molecule has 0 aromatic heterocycles. The molecular formula is C18H30. The molecule has 0 heterocycles. The van der Waals surface area contributed by atoms with E-state index in [4.69, 9.17) is 0 Å². The zero-order chi connectivity index (χ0) is 12.9. The Balaban J connectivity index is 1.87. The van der Waals surface area contributed by atoms with Gasteiger partial charge >= 0.3 is 0 Å². The van der Waals surface area contributed by atoms with Crippen LogP contribution in [0.4, 0.5) is 0 Å². The Morgan fingerprint density at radius 3 is 2.61 bits per heavy atom. The molecule has 0 bridgehead atoms. The third kappa shape index (κ3) is 1.71. The van der Waals surface area contributed by atoms with Crippen LogP contribution in [-0.4, -0.2) is 0 Å². The predicted octanol–water partition coefficient (Wildman–Crippen LogP) is 5.30. The summed E-state index contributed by atoms with van der Waals surface area (Å²) in [5.74, 6) is 5.74. The van der Waals surface area contributed by atoms with Crippen LogP contribution < -0.4 is 0 Å². The fourth-order valence-electron chi connectivity index (χ4n) is 6.04. The minimum absolute atomic E-state index is 0.667. The van der Waals surface area contributed by atoms with E-state index in [-0.39, 0.29) is 0 Å². The Kier molecular flexibility index (Phi) is 3.11. The van der Waals surface area contributed by atoms with Crippen LogP contribution in [0, 0.1) is 40.9 Å². The average molecular weight is 246 g/mol. The molecule has 3 aliphatic carbocycles. The van der Waals surface area contributed by atoms with Crippen LogP contribution in [0.1, 0.15) is 59.8 Å². The summed E-state index contributed by atoms with van der Waals surface area (Å²) in [6.45, 7) is 9.99. The largest absolute Gasteiger partial charge is 0.0880 e. The second-order valence-corrected chi connectivity index (χ2v) is 7.93. The Morgan fingerprint density at radius 2 is 1.89 bits per heavy atom. The summed E-state index contributed by atoms with van der Waals surface area (Å²) < 4.78 is 0. The zero-order valence-corrected chi connectivity index (χ0v) is 12.7. The van der Waals surface area contributed by atoms with Crippen LogP contribution in [0.25, 0.3) is 0 Å². The van der Waals surface area contributed by atoms with E-state index in [2.05, 4.69) is 39.8 Å². The van der Waals surface area contributed by atoms with Crippen LogP contribution in [-0.2, 0) is 0 Å². The summed E-state index contributed by atoms with van der Waals surface area (Å²) >= 11 is 0. The van der Waals surface area contributed by atoms with Crippen molar-refractivity contribution in [2.75, 3.05) is 0 Å². The molecule has 102 valence electrons. The highest BCUT2D eigenvalue weighted by Gasteiger charge is 2.54. The molecule has 18 heavy (non-hydrogen) atoms. The standard InChI is InChI=1S/C18H30/c1-12(2)16-8-9-17-15-7-5-6-13(3)14(15)10-11-18(16,17)4/h5-6,12-17H,7-11H2,1-4H3. The van der Waals surface area contributed by atoms with Crippen LogP contribution >= 0.6 is 0 Å². The van der Waals surface area contributed by atoms with Crippen molar-refractivity contribution in [3.63, 3.8) is 0 Å². The van der Waals surface area contributed by atoms with Gasteiger partial charge in [0.2, 0.25) is 0 Å². The van der Waals surface area contributed by atoms with Crippen molar-refractivity contribution in [3.8, 4) is 0 Å². The summed E-state index contributed by atoms with van der Waals surface area (Å²) in [7, 11) is 0. The van der Waals surface area contributed by atoms with Gasteiger partial charge in [-0.3, -0.25) is 0 Å². The molecule has 2 saturated carbocycles. The maximum absolute atomic E-state index is 2.63. The lowest BCUT2D eigenvalue weighted by Crippen LogP contribution is -2.44. The van der Waals surface area contributed by atoms with Crippen LogP contribution in [0.5, 0.6) is 0 Å². The molecule has 0 spiro atoms. The molecule has 0 aromatic carbocycles. The first kappa shape index (κ1) is 12.8. The van der Waals surface area contributed by atoms with Crippen molar-refractivity contribution < 1.29 is 0 Å². The van der Waals surface area contributed by atoms with Gasteiger partial charge < -0.3 is 0 Å². The molecule has 6 unspecified atom stereocenters. The third-order valence-electron chi connectivity index (χ3n) is 6.89. The SMILES string of the molecule is CC(C)C1CCC2C3CC=CC(C)C3CCC12C. The zero-order valence-electron chi connectivity index (χ0n) is 12.7. The van der Waals surface area contributed by atoms with Crippen molar-refractivity contribution in [1.82, 2.24) is 0 Å². The first-order valence-corrected chi connectivity index (χ1v) is 8.20. The van der Waals surface area contributed by atoms with Gasteiger partial charge in [0, 0.05) is 0 Å². The molecule has 0 aliphatic heterocycles. The molecule has 2 fully saturated rings. The highest BCUT2D eigenvalue weighted by Crippen LogP contribution is 2.62. The normalized spacial score (nSPS) is 51.3. The van der Waals surface area contributed by atoms with E-state index in [9.17, 15) is 0 Å². The van der Waals surface area contributed by atoms with E-state index < -0.39 is 0 Å². The summed E-state index contributed by atoms with van der Waals surface area (Å²) in [4.78, 5) is 0. The van der Waals surface area contributed by atoms with Gasteiger partial charge in [-0.25, -0.2) is 0 Å². The molecule has 0 N–H and O–H groups in total. The lowest BCUT2D eigenvalue weighted by molar-refractivity contribution is -0.0136. The van der Waals surface area contributed by atoms with Crippen molar-refractivity contribution in [3.05, 3.63) is 12.2 Å². The smallest absolute Gasteiger partial charge is 0.0231 e. The number of fused-ring (bicyclic) bond motifs is 3.